The third kappa shape index (κ3) is 3.07. The van der Waals surface area contributed by atoms with Gasteiger partial charge in [0.1, 0.15) is 4.90 Å². The maximum atomic E-state index is 12.6. The first-order valence-corrected chi connectivity index (χ1v) is 8.65. The Labute approximate surface area is 125 Å². The van der Waals surface area contributed by atoms with Gasteiger partial charge in [0.2, 0.25) is 15.8 Å². The van der Waals surface area contributed by atoms with Gasteiger partial charge in [-0.25, -0.2) is 13.2 Å². The summed E-state index contributed by atoms with van der Waals surface area (Å²) in [6.45, 7) is 2.44. The zero-order valence-electron chi connectivity index (χ0n) is 11.0. The molecular formula is C12H16BrNO5S. The predicted octanol–water partition coefficient (Wildman–Crippen LogP) is 2.69. The van der Waals surface area contributed by atoms with E-state index in [-0.39, 0.29) is 21.4 Å². The van der Waals surface area contributed by atoms with Gasteiger partial charge in [0.25, 0.3) is 0 Å². The van der Waals surface area contributed by atoms with Gasteiger partial charge in [0.15, 0.2) is 4.67 Å². The van der Waals surface area contributed by atoms with Crippen molar-refractivity contribution >= 4 is 31.9 Å². The number of aromatic carboxylic acids is 1. The number of hydrogen-bond acceptors (Lipinski definition) is 4. The van der Waals surface area contributed by atoms with Crippen molar-refractivity contribution in [1.29, 1.82) is 0 Å². The summed E-state index contributed by atoms with van der Waals surface area (Å²) in [4.78, 5) is 10.7. The average Bonchev–Trinajstić information content (AvgIpc) is 3.10. The van der Waals surface area contributed by atoms with Gasteiger partial charge in [-0.05, 0) is 35.2 Å². The average molecular weight is 366 g/mol. The van der Waals surface area contributed by atoms with Crippen molar-refractivity contribution in [3.05, 3.63) is 16.5 Å². The lowest BCUT2D eigenvalue weighted by Crippen LogP contribution is -2.34. The Bertz CT molecular complexity index is 605. The molecular weight excluding hydrogens is 350 g/mol. The van der Waals surface area contributed by atoms with Crippen LogP contribution >= 0.6 is 15.9 Å². The van der Waals surface area contributed by atoms with E-state index < -0.39 is 16.0 Å². The largest absolute Gasteiger partial charge is 0.475 e. The lowest BCUT2D eigenvalue weighted by Gasteiger charge is -2.20. The molecule has 1 aliphatic rings. The first-order chi connectivity index (χ1) is 9.37. The van der Waals surface area contributed by atoms with Crippen molar-refractivity contribution in [1.82, 2.24) is 4.31 Å². The second kappa shape index (κ2) is 5.87. The van der Waals surface area contributed by atoms with Crippen LogP contribution in [0.15, 0.2) is 20.0 Å². The van der Waals surface area contributed by atoms with Crippen LogP contribution in [0.2, 0.25) is 0 Å². The van der Waals surface area contributed by atoms with Gasteiger partial charge < -0.3 is 9.52 Å². The highest BCUT2D eigenvalue weighted by molar-refractivity contribution is 9.10. The zero-order valence-corrected chi connectivity index (χ0v) is 13.4. The SMILES string of the molecule is CCCCN(C1CC1)S(=O)(=O)c1cc(C(=O)O)oc1Br. The van der Waals surface area contributed by atoms with Crippen molar-refractivity contribution < 1.29 is 22.7 Å². The molecule has 2 rings (SSSR count). The molecule has 1 heterocycles. The number of furan rings is 1. The fourth-order valence-corrected chi connectivity index (χ4v) is 4.56. The minimum atomic E-state index is -3.72. The van der Waals surface area contributed by atoms with Gasteiger partial charge in [-0.2, -0.15) is 4.31 Å². The molecule has 20 heavy (non-hydrogen) atoms. The fraction of sp³-hybridized carbons (Fsp3) is 0.583. The number of unbranched alkanes of at least 4 members (excludes halogenated alkanes) is 1. The van der Waals surface area contributed by atoms with Crippen molar-refractivity contribution in [3.8, 4) is 0 Å². The van der Waals surface area contributed by atoms with Gasteiger partial charge in [0, 0.05) is 18.7 Å². The Balaban J connectivity index is 2.34. The highest BCUT2D eigenvalue weighted by Gasteiger charge is 2.39. The second-order valence-corrected chi connectivity index (χ2v) is 7.33. The highest BCUT2D eigenvalue weighted by Crippen LogP contribution is 2.35. The van der Waals surface area contributed by atoms with Crippen molar-refractivity contribution in [3.63, 3.8) is 0 Å². The van der Waals surface area contributed by atoms with Crippen LogP contribution in [0.1, 0.15) is 43.2 Å². The summed E-state index contributed by atoms with van der Waals surface area (Å²) in [6.07, 6.45) is 3.37. The van der Waals surface area contributed by atoms with Crippen LogP contribution in [-0.2, 0) is 10.0 Å². The van der Waals surface area contributed by atoms with E-state index in [4.69, 9.17) is 9.52 Å². The Hall–Kier alpha value is -0.860. The van der Waals surface area contributed by atoms with E-state index in [1.54, 1.807) is 0 Å². The van der Waals surface area contributed by atoms with Crippen LogP contribution in [0.5, 0.6) is 0 Å². The maximum absolute atomic E-state index is 12.6. The molecule has 8 heteroatoms. The van der Waals surface area contributed by atoms with Gasteiger partial charge in [-0.1, -0.05) is 13.3 Å². The molecule has 0 aliphatic heterocycles. The normalized spacial score (nSPS) is 15.8. The van der Waals surface area contributed by atoms with Crippen LogP contribution in [-0.4, -0.2) is 36.4 Å². The van der Waals surface area contributed by atoms with Gasteiger partial charge in [0.05, 0.1) is 0 Å². The molecule has 0 spiro atoms. The minimum absolute atomic E-state index is 0.0293. The quantitative estimate of drug-likeness (QED) is 0.802. The molecule has 1 aliphatic carbocycles. The first-order valence-electron chi connectivity index (χ1n) is 6.42. The Morgan fingerprint density at radius 1 is 1.55 bits per heavy atom. The number of nitrogens with zero attached hydrogens (tertiary/aromatic N) is 1. The smallest absolute Gasteiger partial charge is 0.371 e. The standard InChI is InChI=1S/C12H16BrNO5S/c1-2-3-6-14(8-4-5-8)20(17,18)10-7-9(12(15)16)19-11(10)13/h7-8H,2-6H2,1H3,(H,15,16). The Morgan fingerprint density at radius 2 is 2.20 bits per heavy atom. The van der Waals surface area contributed by atoms with Crippen LogP contribution in [0.3, 0.4) is 0 Å². The first kappa shape index (κ1) is 15.5. The van der Waals surface area contributed by atoms with Crippen LogP contribution in [0.25, 0.3) is 0 Å². The molecule has 0 aromatic carbocycles. The van der Waals surface area contributed by atoms with E-state index in [1.165, 1.54) is 4.31 Å². The van der Waals surface area contributed by atoms with Gasteiger partial charge in [-0.3, -0.25) is 0 Å². The number of carboxylic acid groups (broad SMARTS) is 1. The van der Waals surface area contributed by atoms with Crippen molar-refractivity contribution in [2.75, 3.05) is 6.54 Å². The molecule has 1 N–H and O–H groups in total. The van der Waals surface area contributed by atoms with Crippen LogP contribution < -0.4 is 0 Å². The molecule has 1 fully saturated rings. The van der Waals surface area contributed by atoms with Crippen LogP contribution in [0, 0.1) is 0 Å². The number of rotatable bonds is 7. The Morgan fingerprint density at radius 3 is 2.65 bits per heavy atom. The molecule has 0 amide bonds. The summed E-state index contributed by atoms with van der Waals surface area (Å²) >= 11 is 2.99. The van der Waals surface area contributed by atoms with E-state index in [1.807, 2.05) is 6.92 Å². The van der Waals surface area contributed by atoms with Crippen molar-refractivity contribution in [2.45, 2.75) is 43.5 Å². The van der Waals surface area contributed by atoms with E-state index in [2.05, 4.69) is 15.9 Å². The summed E-state index contributed by atoms with van der Waals surface area (Å²) in [5.74, 6) is -1.68. The molecule has 112 valence electrons. The molecule has 0 bridgehead atoms. The maximum Gasteiger partial charge on any atom is 0.371 e. The van der Waals surface area contributed by atoms with E-state index in [0.717, 1.165) is 31.7 Å². The summed E-state index contributed by atoms with van der Waals surface area (Å²) in [7, 11) is -3.72. The molecule has 1 aromatic rings. The number of carboxylic acids is 1. The van der Waals surface area contributed by atoms with Crippen molar-refractivity contribution in [2.24, 2.45) is 0 Å². The molecule has 1 aromatic heterocycles. The number of hydrogen-bond donors (Lipinski definition) is 1. The topological polar surface area (TPSA) is 87.8 Å². The number of sulfonamides is 1. The molecule has 1 saturated carbocycles. The van der Waals surface area contributed by atoms with E-state index in [9.17, 15) is 13.2 Å². The molecule has 0 saturated heterocycles. The highest BCUT2D eigenvalue weighted by atomic mass is 79.9. The minimum Gasteiger partial charge on any atom is -0.475 e. The third-order valence-electron chi connectivity index (χ3n) is 3.14. The molecule has 6 nitrogen and oxygen atoms in total. The molecule has 0 radical (unpaired) electrons. The second-order valence-electron chi connectivity index (χ2n) is 4.75. The molecule has 0 atom stereocenters. The predicted molar refractivity (Wildman–Crippen MR) is 75.2 cm³/mol. The van der Waals surface area contributed by atoms with Crippen LogP contribution in [0.4, 0.5) is 0 Å². The summed E-state index contributed by atoms with van der Waals surface area (Å²) in [5, 5.41) is 8.87. The third-order valence-corrected chi connectivity index (χ3v) is 5.95. The zero-order chi connectivity index (χ0) is 14.9. The Kier molecular flexibility index (Phi) is 4.55. The summed E-state index contributed by atoms with van der Waals surface area (Å²) < 4.78 is 31.6. The van der Waals surface area contributed by atoms with E-state index >= 15 is 0 Å². The molecule has 0 unspecified atom stereocenters. The van der Waals surface area contributed by atoms with E-state index in [0.29, 0.717) is 6.54 Å². The lowest BCUT2D eigenvalue weighted by molar-refractivity contribution is 0.0661. The summed E-state index contributed by atoms with van der Waals surface area (Å²) in [6, 6.07) is 1.09. The fourth-order valence-electron chi connectivity index (χ4n) is 1.94. The monoisotopic (exact) mass is 365 g/mol. The number of carbonyl (C=O) groups is 1. The van der Waals surface area contributed by atoms with Gasteiger partial charge in [-0.15, -0.1) is 0 Å². The van der Waals surface area contributed by atoms with Gasteiger partial charge >= 0.3 is 5.97 Å². The lowest BCUT2D eigenvalue weighted by atomic mass is 10.3. The summed E-state index contributed by atoms with van der Waals surface area (Å²) in [5.41, 5.74) is 0. The number of halogens is 1.